The molecule has 2 rings (SSSR count). The van der Waals surface area contributed by atoms with Gasteiger partial charge in [-0.15, -0.1) is 0 Å². The van der Waals surface area contributed by atoms with Gasteiger partial charge in [0.05, 0.1) is 5.56 Å². The monoisotopic (exact) mass is 408 g/mol. The molecule has 0 heterocycles. The quantitative estimate of drug-likeness (QED) is 0.717. The van der Waals surface area contributed by atoms with Gasteiger partial charge < -0.3 is 15.3 Å². The van der Waals surface area contributed by atoms with Crippen molar-refractivity contribution in [2.45, 2.75) is 12.2 Å². The number of ketones is 1. The van der Waals surface area contributed by atoms with Crippen molar-refractivity contribution in [3.63, 3.8) is 0 Å². The molecule has 0 bridgehead atoms. The number of hydrogen-bond donors (Lipinski definition) is 2. The van der Waals surface area contributed by atoms with Crippen molar-refractivity contribution < 1.29 is 32.7 Å². The van der Waals surface area contributed by atoms with Crippen LogP contribution >= 0.6 is 0 Å². The maximum Gasteiger partial charge on any atom is 0.416 e. The van der Waals surface area contributed by atoms with Crippen LogP contribution in [0.4, 0.5) is 13.2 Å². The Morgan fingerprint density at radius 3 is 1.90 bits per heavy atom. The molecule has 0 aliphatic heterocycles. The van der Waals surface area contributed by atoms with Gasteiger partial charge in [-0.1, -0.05) is 24.3 Å². The molecule has 2 aromatic rings. The third kappa shape index (κ3) is 5.00. The van der Waals surface area contributed by atoms with Crippen molar-refractivity contribution in [2.75, 3.05) is 20.7 Å². The van der Waals surface area contributed by atoms with Crippen LogP contribution in [0.15, 0.2) is 48.5 Å². The number of nitrogens with one attached hydrogen (secondary N) is 1. The molecule has 0 aromatic heterocycles. The molecule has 9 heteroatoms. The van der Waals surface area contributed by atoms with E-state index in [9.17, 15) is 27.6 Å². The van der Waals surface area contributed by atoms with Gasteiger partial charge in [-0.05, 0) is 35.4 Å². The minimum Gasteiger partial charge on any atom is -0.388 e. The van der Waals surface area contributed by atoms with E-state index >= 15 is 0 Å². The van der Waals surface area contributed by atoms with Gasteiger partial charge in [0.25, 0.3) is 5.91 Å². The molecule has 154 valence electrons. The summed E-state index contributed by atoms with van der Waals surface area (Å²) in [6.07, 6.45) is -4.42. The number of aliphatic hydroxyl groups is 1. The van der Waals surface area contributed by atoms with Gasteiger partial charge in [-0.3, -0.25) is 14.4 Å². The van der Waals surface area contributed by atoms with E-state index < -0.39 is 42.0 Å². The highest BCUT2D eigenvalue weighted by atomic mass is 19.4. The van der Waals surface area contributed by atoms with E-state index in [0.717, 1.165) is 17.0 Å². The SMILES string of the molecule is CNC(=O)C(C(=O)CO)N(C)C(=O)c1ccc(-c2ccc(C(F)(F)F)cc2)cc1. The average molecular weight is 408 g/mol. The standard InChI is InChI=1S/C20H19F3N2O4/c1-24-18(28)17(16(27)11-26)25(2)19(29)14-5-3-12(4-6-14)13-7-9-15(10-8-13)20(21,22)23/h3-10,17,26H,11H2,1-2H3,(H,24,28). The van der Waals surface area contributed by atoms with Gasteiger partial charge in [0.2, 0.25) is 5.91 Å². The Labute approximate surface area is 164 Å². The highest BCUT2D eigenvalue weighted by Crippen LogP contribution is 2.31. The molecule has 2 aromatic carbocycles. The molecule has 0 saturated heterocycles. The van der Waals surface area contributed by atoms with Crippen molar-refractivity contribution in [1.29, 1.82) is 0 Å². The summed E-state index contributed by atoms with van der Waals surface area (Å²) in [4.78, 5) is 37.3. The predicted molar refractivity (Wildman–Crippen MR) is 98.9 cm³/mol. The number of halogens is 3. The second kappa shape index (κ2) is 8.87. The smallest absolute Gasteiger partial charge is 0.388 e. The molecule has 2 N–H and O–H groups in total. The average Bonchev–Trinajstić information content (AvgIpc) is 2.72. The summed E-state index contributed by atoms with van der Waals surface area (Å²) in [7, 11) is 2.57. The molecule has 0 aliphatic rings. The first-order valence-corrected chi connectivity index (χ1v) is 8.50. The highest BCUT2D eigenvalue weighted by molar-refractivity contribution is 6.10. The Bertz CT molecular complexity index is 877. The number of carbonyl (C=O) groups is 3. The van der Waals surface area contributed by atoms with Gasteiger partial charge in [0.15, 0.2) is 11.8 Å². The molecule has 0 aliphatic carbocycles. The fourth-order valence-electron chi connectivity index (χ4n) is 2.74. The van der Waals surface area contributed by atoms with Gasteiger partial charge in [-0.25, -0.2) is 0 Å². The largest absolute Gasteiger partial charge is 0.416 e. The van der Waals surface area contributed by atoms with Crippen LogP contribution in [-0.4, -0.2) is 54.3 Å². The number of carbonyl (C=O) groups excluding carboxylic acids is 3. The predicted octanol–water partition coefficient (Wildman–Crippen LogP) is 2.12. The lowest BCUT2D eigenvalue weighted by Gasteiger charge is -2.25. The molecule has 0 saturated carbocycles. The van der Waals surface area contributed by atoms with E-state index in [1.54, 1.807) is 12.1 Å². The van der Waals surface area contributed by atoms with Crippen molar-refractivity contribution in [3.8, 4) is 11.1 Å². The summed E-state index contributed by atoms with van der Waals surface area (Å²) >= 11 is 0. The summed E-state index contributed by atoms with van der Waals surface area (Å²) < 4.78 is 38.0. The van der Waals surface area contributed by atoms with E-state index in [4.69, 9.17) is 5.11 Å². The van der Waals surface area contributed by atoms with E-state index in [1.807, 2.05) is 0 Å². The first kappa shape index (κ1) is 22.1. The van der Waals surface area contributed by atoms with Crippen LogP contribution in [0, 0.1) is 0 Å². The molecule has 0 fully saturated rings. The fraction of sp³-hybridized carbons (Fsp3) is 0.250. The second-order valence-corrected chi connectivity index (χ2v) is 6.21. The van der Waals surface area contributed by atoms with Crippen LogP contribution in [0.2, 0.25) is 0 Å². The number of aliphatic hydroxyl groups excluding tert-OH is 1. The van der Waals surface area contributed by atoms with Crippen LogP contribution < -0.4 is 5.32 Å². The lowest BCUT2D eigenvalue weighted by molar-refractivity contribution is -0.138. The summed E-state index contributed by atoms with van der Waals surface area (Å²) in [5.74, 6) is -2.19. The van der Waals surface area contributed by atoms with Gasteiger partial charge in [0, 0.05) is 19.7 Å². The minimum atomic E-state index is -4.42. The van der Waals surface area contributed by atoms with Crippen LogP contribution in [-0.2, 0) is 15.8 Å². The summed E-state index contributed by atoms with van der Waals surface area (Å²) in [5.41, 5.74) is 0.530. The van der Waals surface area contributed by atoms with Crippen LogP contribution in [0.25, 0.3) is 11.1 Å². The number of Topliss-reactive ketones (excluding diaryl/α,β-unsaturated/α-hetero) is 1. The molecule has 6 nitrogen and oxygen atoms in total. The number of nitrogens with zero attached hydrogens (tertiary/aromatic N) is 1. The Kier molecular flexibility index (Phi) is 6.76. The van der Waals surface area contributed by atoms with E-state index in [1.165, 1.54) is 38.4 Å². The zero-order valence-corrected chi connectivity index (χ0v) is 15.7. The van der Waals surface area contributed by atoms with E-state index in [-0.39, 0.29) is 5.56 Å². The van der Waals surface area contributed by atoms with Crippen molar-refractivity contribution in [3.05, 3.63) is 59.7 Å². The molecule has 29 heavy (non-hydrogen) atoms. The summed E-state index contributed by atoms with van der Waals surface area (Å²) in [6.45, 7) is -0.900. The Balaban J connectivity index is 2.23. The van der Waals surface area contributed by atoms with Crippen molar-refractivity contribution in [1.82, 2.24) is 10.2 Å². The fourth-order valence-corrected chi connectivity index (χ4v) is 2.74. The van der Waals surface area contributed by atoms with Crippen molar-refractivity contribution >= 4 is 17.6 Å². The first-order valence-electron chi connectivity index (χ1n) is 8.50. The third-order valence-electron chi connectivity index (χ3n) is 4.34. The molecule has 0 spiro atoms. The van der Waals surface area contributed by atoms with Crippen LogP contribution in [0.5, 0.6) is 0 Å². The molecule has 0 radical (unpaired) electrons. The van der Waals surface area contributed by atoms with E-state index in [0.29, 0.717) is 11.1 Å². The second-order valence-electron chi connectivity index (χ2n) is 6.21. The number of benzene rings is 2. The normalized spacial score (nSPS) is 12.2. The third-order valence-corrected chi connectivity index (χ3v) is 4.34. The highest BCUT2D eigenvalue weighted by Gasteiger charge is 2.33. The maximum absolute atomic E-state index is 12.7. The van der Waals surface area contributed by atoms with Gasteiger partial charge >= 0.3 is 6.18 Å². The van der Waals surface area contributed by atoms with Crippen molar-refractivity contribution in [2.24, 2.45) is 0 Å². The summed E-state index contributed by atoms with van der Waals surface area (Å²) in [6, 6.07) is 9.09. The Morgan fingerprint density at radius 2 is 1.48 bits per heavy atom. The topological polar surface area (TPSA) is 86.7 Å². The first-order chi connectivity index (χ1) is 13.6. The number of likely N-dealkylation sites (N-methyl/N-ethyl adjacent to an activating group) is 2. The molecule has 1 unspecified atom stereocenters. The van der Waals surface area contributed by atoms with E-state index in [2.05, 4.69) is 5.32 Å². The summed E-state index contributed by atoms with van der Waals surface area (Å²) in [5, 5.41) is 11.3. The maximum atomic E-state index is 12.7. The lowest BCUT2D eigenvalue weighted by Crippen LogP contribution is -2.52. The lowest BCUT2D eigenvalue weighted by atomic mass is 10.0. The number of alkyl halides is 3. The molecular weight excluding hydrogens is 389 g/mol. The van der Waals surface area contributed by atoms with Crippen LogP contribution in [0.3, 0.4) is 0 Å². The Hall–Kier alpha value is -3.20. The van der Waals surface area contributed by atoms with Crippen LogP contribution in [0.1, 0.15) is 15.9 Å². The minimum absolute atomic E-state index is 0.169. The zero-order valence-electron chi connectivity index (χ0n) is 15.7. The Morgan fingerprint density at radius 1 is 1.00 bits per heavy atom. The number of hydrogen-bond acceptors (Lipinski definition) is 4. The molecule has 1 atom stereocenters. The number of rotatable bonds is 6. The molecular formula is C20H19F3N2O4. The number of amides is 2. The molecule has 2 amide bonds. The van der Waals surface area contributed by atoms with Gasteiger partial charge in [0.1, 0.15) is 6.61 Å². The van der Waals surface area contributed by atoms with Gasteiger partial charge in [-0.2, -0.15) is 13.2 Å². The zero-order chi connectivity index (χ0) is 21.8.